The summed E-state index contributed by atoms with van der Waals surface area (Å²) in [6.45, 7) is 2.15. The summed E-state index contributed by atoms with van der Waals surface area (Å²) in [7, 11) is 2.00. The highest BCUT2D eigenvalue weighted by molar-refractivity contribution is 5.90. The van der Waals surface area contributed by atoms with Gasteiger partial charge in [0.25, 0.3) is 0 Å². The summed E-state index contributed by atoms with van der Waals surface area (Å²) >= 11 is 0. The molecule has 1 aliphatic carbocycles. The normalized spacial score (nSPS) is 26.1. The topological polar surface area (TPSA) is 99.5 Å². The highest BCUT2D eigenvalue weighted by atomic mass is 16.5. The molecule has 0 bridgehead atoms. The van der Waals surface area contributed by atoms with Crippen LogP contribution in [0.15, 0.2) is 24.5 Å². The molecule has 160 valence electrons. The van der Waals surface area contributed by atoms with Gasteiger partial charge in [-0.05, 0) is 61.1 Å². The molecule has 2 amide bonds. The van der Waals surface area contributed by atoms with Crippen LogP contribution in [0, 0.1) is 11.3 Å². The maximum Gasteiger partial charge on any atom is 0.248 e. The van der Waals surface area contributed by atoms with E-state index in [-0.39, 0.29) is 11.3 Å². The molecule has 30 heavy (non-hydrogen) atoms. The number of likely N-dealkylation sites (tertiary alicyclic amines) is 1. The highest BCUT2D eigenvalue weighted by Crippen LogP contribution is 2.52. The second-order valence-electron chi connectivity index (χ2n) is 9.35. The van der Waals surface area contributed by atoms with Crippen LogP contribution in [0.3, 0.4) is 0 Å². The quantitative estimate of drug-likeness (QED) is 0.526. The van der Waals surface area contributed by atoms with E-state index in [1.165, 1.54) is 5.56 Å². The number of imidazole rings is 1. The van der Waals surface area contributed by atoms with Crippen LogP contribution in [-0.2, 0) is 16.6 Å². The van der Waals surface area contributed by atoms with Crippen molar-refractivity contribution in [1.82, 2.24) is 25.2 Å². The zero-order chi connectivity index (χ0) is 20.9. The standard InChI is InChI=1S/C22H29N5O3/c1-26-13-24-17-3-2-15(10-18(17)26)14-4-8-27(9-5-14)21(29)19-16(20(28)25-30)11-22(6-7-22)12-23-19/h2-3,10,13-14,16,19,23,30H,4-9,11-12H2,1H3,(H,25,28). The van der Waals surface area contributed by atoms with Gasteiger partial charge in [0.2, 0.25) is 11.8 Å². The lowest BCUT2D eigenvalue weighted by molar-refractivity contribution is -0.145. The van der Waals surface area contributed by atoms with Gasteiger partial charge < -0.3 is 14.8 Å². The summed E-state index contributed by atoms with van der Waals surface area (Å²) in [5.41, 5.74) is 5.34. The molecule has 2 saturated heterocycles. The molecule has 2 atom stereocenters. The van der Waals surface area contributed by atoms with E-state index < -0.39 is 17.9 Å². The van der Waals surface area contributed by atoms with E-state index in [4.69, 9.17) is 5.21 Å². The Labute approximate surface area is 175 Å². The van der Waals surface area contributed by atoms with Crippen LogP contribution in [0.4, 0.5) is 0 Å². The summed E-state index contributed by atoms with van der Waals surface area (Å²) in [4.78, 5) is 31.8. The van der Waals surface area contributed by atoms with Crippen molar-refractivity contribution in [1.29, 1.82) is 0 Å². The zero-order valence-electron chi connectivity index (χ0n) is 17.3. The molecule has 1 aromatic carbocycles. The second-order valence-corrected chi connectivity index (χ2v) is 9.35. The summed E-state index contributed by atoms with van der Waals surface area (Å²) in [5.74, 6) is -0.562. The first-order valence-corrected chi connectivity index (χ1v) is 10.9. The molecule has 0 radical (unpaired) electrons. The van der Waals surface area contributed by atoms with Gasteiger partial charge in [-0.3, -0.25) is 14.8 Å². The first-order valence-electron chi connectivity index (χ1n) is 10.9. The van der Waals surface area contributed by atoms with Crippen molar-refractivity contribution in [2.75, 3.05) is 19.6 Å². The Hall–Kier alpha value is -2.45. The maximum atomic E-state index is 13.2. The number of aromatic nitrogens is 2. The van der Waals surface area contributed by atoms with E-state index in [9.17, 15) is 9.59 Å². The van der Waals surface area contributed by atoms with E-state index in [2.05, 4.69) is 28.5 Å². The number of nitrogens with one attached hydrogen (secondary N) is 2. The molecule has 2 unspecified atom stereocenters. The summed E-state index contributed by atoms with van der Waals surface area (Å²) in [5, 5.41) is 12.5. The van der Waals surface area contributed by atoms with E-state index in [1.807, 2.05) is 22.8 Å². The summed E-state index contributed by atoms with van der Waals surface area (Å²) in [6, 6.07) is 5.88. The fourth-order valence-electron chi connectivity index (χ4n) is 5.30. The Kier molecular flexibility index (Phi) is 4.78. The van der Waals surface area contributed by atoms with Crippen molar-refractivity contribution in [3.05, 3.63) is 30.1 Å². The van der Waals surface area contributed by atoms with E-state index in [0.717, 1.165) is 43.3 Å². The number of amides is 2. The Morgan fingerprint density at radius 2 is 2.03 bits per heavy atom. The lowest BCUT2D eigenvalue weighted by Crippen LogP contribution is -2.59. The van der Waals surface area contributed by atoms with Gasteiger partial charge in [0.15, 0.2) is 0 Å². The Bertz CT molecular complexity index is 974. The number of carbonyl (C=O) groups excluding carboxylic acids is 2. The Balaban J connectivity index is 1.25. The first kappa shape index (κ1) is 19.5. The molecule has 3 aliphatic rings. The van der Waals surface area contributed by atoms with Crippen LogP contribution in [0.1, 0.15) is 43.6 Å². The van der Waals surface area contributed by atoms with Crippen LogP contribution in [0.2, 0.25) is 0 Å². The van der Waals surface area contributed by atoms with Gasteiger partial charge >= 0.3 is 0 Å². The van der Waals surface area contributed by atoms with Crippen molar-refractivity contribution < 1.29 is 14.8 Å². The lowest BCUT2D eigenvalue weighted by atomic mass is 9.81. The molecule has 3 fully saturated rings. The minimum atomic E-state index is -0.550. The third-order valence-electron chi connectivity index (χ3n) is 7.45. The summed E-state index contributed by atoms with van der Waals surface area (Å²) in [6.07, 6.45) is 6.48. The monoisotopic (exact) mass is 411 g/mol. The van der Waals surface area contributed by atoms with E-state index in [0.29, 0.717) is 25.4 Å². The lowest BCUT2D eigenvalue weighted by Gasteiger charge is -2.40. The predicted octanol–water partition coefficient (Wildman–Crippen LogP) is 1.54. The average Bonchev–Trinajstić information content (AvgIpc) is 3.44. The van der Waals surface area contributed by atoms with Gasteiger partial charge in [0.1, 0.15) is 0 Å². The van der Waals surface area contributed by atoms with Crippen molar-refractivity contribution in [2.45, 2.75) is 44.1 Å². The SMILES string of the molecule is Cn1cnc2ccc(C3CCN(C(=O)C4NCC5(CC5)CC4C(=O)NO)CC3)cc21. The number of hydrogen-bond donors (Lipinski definition) is 3. The van der Waals surface area contributed by atoms with Gasteiger partial charge in [-0.15, -0.1) is 0 Å². The van der Waals surface area contributed by atoms with Gasteiger partial charge in [-0.25, -0.2) is 10.5 Å². The molecule has 8 heteroatoms. The van der Waals surface area contributed by atoms with Crippen LogP contribution in [0.25, 0.3) is 11.0 Å². The molecular formula is C22H29N5O3. The Morgan fingerprint density at radius 1 is 1.27 bits per heavy atom. The molecule has 8 nitrogen and oxygen atoms in total. The fourth-order valence-corrected chi connectivity index (χ4v) is 5.30. The number of benzene rings is 1. The molecule has 1 spiro atoms. The minimum Gasteiger partial charge on any atom is -0.341 e. The largest absolute Gasteiger partial charge is 0.341 e. The average molecular weight is 412 g/mol. The van der Waals surface area contributed by atoms with Gasteiger partial charge in [-0.2, -0.15) is 0 Å². The van der Waals surface area contributed by atoms with Crippen molar-refractivity contribution >= 4 is 22.8 Å². The van der Waals surface area contributed by atoms with Gasteiger partial charge in [-0.1, -0.05) is 6.07 Å². The molecular weight excluding hydrogens is 382 g/mol. The highest BCUT2D eigenvalue weighted by Gasteiger charge is 2.52. The number of hydrogen-bond acceptors (Lipinski definition) is 5. The number of hydroxylamine groups is 1. The van der Waals surface area contributed by atoms with E-state index >= 15 is 0 Å². The minimum absolute atomic E-state index is 0.0142. The zero-order valence-corrected chi connectivity index (χ0v) is 17.3. The van der Waals surface area contributed by atoms with Crippen LogP contribution >= 0.6 is 0 Å². The van der Waals surface area contributed by atoms with E-state index in [1.54, 1.807) is 5.48 Å². The smallest absolute Gasteiger partial charge is 0.248 e. The predicted molar refractivity (Wildman–Crippen MR) is 111 cm³/mol. The first-order chi connectivity index (χ1) is 14.5. The number of aryl methyl sites for hydroxylation is 1. The number of rotatable bonds is 3. The number of nitrogens with zero attached hydrogens (tertiary/aromatic N) is 3. The summed E-state index contributed by atoms with van der Waals surface area (Å²) < 4.78 is 2.03. The van der Waals surface area contributed by atoms with Crippen molar-refractivity contribution in [3.8, 4) is 0 Å². The third kappa shape index (κ3) is 3.37. The fraction of sp³-hybridized carbons (Fsp3) is 0.591. The molecule has 1 saturated carbocycles. The molecule has 3 N–H and O–H groups in total. The molecule has 5 rings (SSSR count). The van der Waals surface area contributed by atoms with Gasteiger partial charge in [0, 0.05) is 26.7 Å². The second kappa shape index (κ2) is 7.35. The number of carbonyl (C=O) groups is 2. The van der Waals surface area contributed by atoms with Crippen LogP contribution in [-0.4, -0.2) is 57.1 Å². The number of piperidine rings is 2. The van der Waals surface area contributed by atoms with Crippen molar-refractivity contribution in [2.24, 2.45) is 18.4 Å². The van der Waals surface area contributed by atoms with Crippen molar-refractivity contribution in [3.63, 3.8) is 0 Å². The maximum absolute atomic E-state index is 13.2. The third-order valence-corrected chi connectivity index (χ3v) is 7.45. The molecule has 3 heterocycles. The molecule has 1 aromatic heterocycles. The number of fused-ring (bicyclic) bond motifs is 1. The molecule has 2 aromatic rings. The van der Waals surface area contributed by atoms with Crippen LogP contribution in [0.5, 0.6) is 0 Å². The Morgan fingerprint density at radius 3 is 2.73 bits per heavy atom. The molecule has 2 aliphatic heterocycles. The van der Waals surface area contributed by atoms with Crippen LogP contribution < -0.4 is 10.8 Å². The van der Waals surface area contributed by atoms with Gasteiger partial charge in [0.05, 0.1) is 29.3 Å².